The normalized spacial score (nSPS) is 22.6. The van der Waals surface area contributed by atoms with Crippen LogP contribution in [0.15, 0.2) is 11.4 Å². The minimum atomic E-state index is -0.810. The summed E-state index contributed by atoms with van der Waals surface area (Å²) in [4.78, 5) is 13.7. The molecular weight excluding hydrogens is 246 g/mol. The van der Waals surface area contributed by atoms with E-state index in [0.717, 1.165) is 18.8 Å². The predicted octanol–water partition coefficient (Wildman–Crippen LogP) is 3.61. The quantitative estimate of drug-likeness (QED) is 0.888. The van der Waals surface area contributed by atoms with Crippen molar-refractivity contribution in [3.8, 4) is 0 Å². The average molecular weight is 265 g/mol. The van der Waals surface area contributed by atoms with Crippen LogP contribution in [0.4, 0.5) is 5.69 Å². The maximum Gasteiger partial charge on any atom is 0.345 e. The van der Waals surface area contributed by atoms with E-state index in [4.69, 9.17) is 5.11 Å². The number of nitrogens with zero attached hydrogens (tertiary/aromatic N) is 1. The molecule has 0 radical (unpaired) electrons. The summed E-state index contributed by atoms with van der Waals surface area (Å²) in [5.74, 6) is -0.810. The Balaban J connectivity index is 1.66. The van der Waals surface area contributed by atoms with Gasteiger partial charge in [-0.25, -0.2) is 4.79 Å². The highest BCUT2D eigenvalue weighted by atomic mass is 32.1. The first-order chi connectivity index (χ1) is 8.69. The van der Waals surface area contributed by atoms with Gasteiger partial charge in [-0.05, 0) is 37.2 Å². The fourth-order valence-electron chi connectivity index (χ4n) is 3.47. The Bertz CT molecular complexity index is 438. The lowest BCUT2D eigenvalue weighted by Crippen LogP contribution is -2.38. The van der Waals surface area contributed by atoms with Crippen LogP contribution < -0.4 is 4.90 Å². The number of anilines is 1. The highest BCUT2D eigenvalue weighted by molar-refractivity contribution is 7.12. The molecule has 1 aromatic heterocycles. The van der Waals surface area contributed by atoms with E-state index in [2.05, 4.69) is 4.90 Å². The van der Waals surface area contributed by atoms with Crippen LogP contribution in [0, 0.1) is 5.41 Å². The molecule has 0 amide bonds. The van der Waals surface area contributed by atoms with E-state index in [9.17, 15) is 4.79 Å². The molecule has 1 aliphatic carbocycles. The zero-order valence-corrected chi connectivity index (χ0v) is 11.3. The summed E-state index contributed by atoms with van der Waals surface area (Å²) in [5, 5.41) is 10.9. The first-order valence-electron chi connectivity index (χ1n) is 6.75. The SMILES string of the molecule is O=C(O)c1cc(N2CCC3(CCCC3)CC2)cs1. The zero-order chi connectivity index (χ0) is 12.6. The molecule has 0 bridgehead atoms. The molecular formula is C14H19NO2S. The molecule has 1 saturated carbocycles. The van der Waals surface area contributed by atoms with Crippen molar-refractivity contribution >= 4 is 23.0 Å². The average Bonchev–Trinajstić information content (AvgIpc) is 3.00. The molecule has 1 spiro atoms. The molecule has 1 aromatic rings. The second kappa shape index (κ2) is 4.57. The summed E-state index contributed by atoms with van der Waals surface area (Å²) in [5.41, 5.74) is 1.73. The highest BCUT2D eigenvalue weighted by Gasteiger charge is 2.37. The molecule has 0 aromatic carbocycles. The van der Waals surface area contributed by atoms with Crippen molar-refractivity contribution in [2.45, 2.75) is 38.5 Å². The second-order valence-electron chi connectivity index (χ2n) is 5.67. The molecule has 3 nitrogen and oxygen atoms in total. The lowest BCUT2D eigenvalue weighted by molar-refractivity contribution is 0.0702. The van der Waals surface area contributed by atoms with Gasteiger partial charge in [-0.15, -0.1) is 11.3 Å². The van der Waals surface area contributed by atoms with E-state index in [1.165, 1.54) is 49.9 Å². The number of carboxylic acid groups (broad SMARTS) is 1. The van der Waals surface area contributed by atoms with Gasteiger partial charge >= 0.3 is 5.97 Å². The molecule has 3 rings (SSSR count). The van der Waals surface area contributed by atoms with Crippen LogP contribution in [0.3, 0.4) is 0 Å². The maximum absolute atomic E-state index is 10.9. The van der Waals surface area contributed by atoms with Crippen molar-refractivity contribution in [1.29, 1.82) is 0 Å². The van der Waals surface area contributed by atoms with Crippen LogP contribution in [-0.2, 0) is 0 Å². The van der Waals surface area contributed by atoms with Gasteiger partial charge in [0.15, 0.2) is 0 Å². The molecule has 18 heavy (non-hydrogen) atoms. The number of carboxylic acids is 1. The smallest absolute Gasteiger partial charge is 0.345 e. The molecule has 2 heterocycles. The van der Waals surface area contributed by atoms with E-state index in [1.807, 2.05) is 11.4 Å². The van der Waals surface area contributed by atoms with E-state index in [1.54, 1.807) is 0 Å². The largest absolute Gasteiger partial charge is 0.477 e. The molecule has 1 aliphatic heterocycles. The number of hydrogen-bond donors (Lipinski definition) is 1. The molecule has 1 saturated heterocycles. The lowest BCUT2D eigenvalue weighted by atomic mass is 9.77. The Kier molecular flexibility index (Phi) is 3.06. The fourth-order valence-corrected chi connectivity index (χ4v) is 4.22. The number of hydrogen-bond acceptors (Lipinski definition) is 3. The van der Waals surface area contributed by atoms with Crippen molar-refractivity contribution in [2.75, 3.05) is 18.0 Å². The summed E-state index contributed by atoms with van der Waals surface area (Å²) < 4.78 is 0. The first kappa shape index (κ1) is 12.0. The van der Waals surface area contributed by atoms with Crippen molar-refractivity contribution < 1.29 is 9.90 Å². The van der Waals surface area contributed by atoms with E-state index < -0.39 is 5.97 Å². The standard InChI is InChI=1S/C14H19NO2S/c16-13(17)12-9-11(10-18-12)15-7-5-14(6-8-15)3-1-2-4-14/h9-10H,1-8H2,(H,16,17). The van der Waals surface area contributed by atoms with Gasteiger partial charge in [0.05, 0.1) is 0 Å². The summed E-state index contributed by atoms with van der Waals surface area (Å²) in [6.45, 7) is 2.19. The summed E-state index contributed by atoms with van der Waals surface area (Å²) >= 11 is 1.33. The Morgan fingerprint density at radius 1 is 1.22 bits per heavy atom. The van der Waals surface area contributed by atoms with Crippen LogP contribution in [0.2, 0.25) is 0 Å². The van der Waals surface area contributed by atoms with Gasteiger partial charge < -0.3 is 10.0 Å². The molecule has 2 fully saturated rings. The number of rotatable bonds is 2. The topological polar surface area (TPSA) is 40.5 Å². The van der Waals surface area contributed by atoms with Gasteiger partial charge in [0.25, 0.3) is 0 Å². The van der Waals surface area contributed by atoms with Crippen LogP contribution in [0.5, 0.6) is 0 Å². The third kappa shape index (κ3) is 2.14. The molecule has 98 valence electrons. The molecule has 1 N–H and O–H groups in total. The van der Waals surface area contributed by atoms with Crippen molar-refractivity contribution in [3.63, 3.8) is 0 Å². The second-order valence-corrected chi connectivity index (χ2v) is 6.58. The minimum Gasteiger partial charge on any atom is -0.477 e. The third-order valence-electron chi connectivity index (χ3n) is 4.65. The molecule has 2 aliphatic rings. The Morgan fingerprint density at radius 2 is 1.89 bits per heavy atom. The Labute approximate surface area is 111 Å². The maximum atomic E-state index is 10.9. The molecule has 4 heteroatoms. The lowest BCUT2D eigenvalue weighted by Gasteiger charge is -2.40. The van der Waals surface area contributed by atoms with Gasteiger partial charge in [-0.2, -0.15) is 0 Å². The van der Waals surface area contributed by atoms with Crippen LogP contribution in [0.25, 0.3) is 0 Å². The summed E-state index contributed by atoms with van der Waals surface area (Å²) in [7, 11) is 0. The van der Waals surface area contributed by atoms with Gasteiger partial charge in [0.1, 0.15) is 4.88 Å². The summed E-state index contributed by atoms with van der Waals surface area (Å²) in [6.07, 6.45) is 8.19. The summed E-state index contributed by atoms with van der Waals surface area (Å²) in [6, 6.07) is 1.82. The van der Waals surface area contributed by atoms with Crippen LogP contribution >= 0.6 is 11.3 Å². The number of aromatic carboxylic acids is 1. The van der Waals surface area contributed by atoms with Gasteiger partial charge in [-0.3, -0.25) is 0 Å². The minimum absolute atomic E-state index is 0.450. The molecule has 0 unspecified atom stereocenters. The number of piperidine rings is 1. The third-order valence-corrected chi connectivity index (χ3v) is 5.56. The van der Waals surface area contributed by atoms with Gasteiger partial charge in [-0.1, -0.05) is 12.8 Å². The zero-order valence-electron chi connectivity index (χ0n) is 10.5. The fraction of sp³-hybridized carbons (Fsp3) is 0.643. The number of carbonyl (C=O) groups is 1. The predicted molar refractivity (Wildman–Crippen MR) is 73.6 cm³/mol. The van der Waals surface area contributed by atoms with Crippen molar-refractivity contribution in [2.24, 2.45) is 5.41 Å². The monoisotopic (exact) mass is 265 g/mol. The van der Waals surface area contributed by atoms with Gasteiger partial charge in [0.2, 0.25) is 0 Å². The Hall–Kier alpha value is -1.03. The van der Waals surface area contributed by atoms with E-state index in [0.29, 0.717) is 10.3 Å². The van der Waals surface area contributed by atoms with Crippen LogP contribution in [0.1, 0.15) is 48.2 Å². The first-order valence-corrected chi connectivity index (χ1v) is 7.63. The van der Waals surface area contributed by atoms with E-state index in [-0.39, 0.29) is 0 Å². The van der Waals surface area contributed by atoms with Crippen LogP contribution in [-0.4, -0.2) is 24.2 Å². The molecule has 0 atom stereocenters. The Morgan fingerprint density at radius 3 is 2.44 bits per heavy atom. The number of thiophene rings is 1. The van der Waals surface area contributed by atoms with Crippen molar-refractivity contribution in [3.05, 3.63) is 16.3 Å². The highest BCUT2D eigenvalue weighted by Crippen LogP contribution is 2.46. The van der Waals surface area contributed by atoms with Crippen molar-refractivity contribution in [1.82, 2.24) is 0 Å². The van der Waals surface area contributed by atoms with E-state index >= 15 is 0 Å². The van der Waals surface area contributed by atoms with Gasteiger partial charge in [0, 0.05) is 24.2 Å².